The number of carboxylic acids is 1. The van der Waals surface area contributed by atoms with E-state index in [1.807, 2.05) is 0 Å². The predicted octanol–water partition coefficient (Wildman–Crippen LogP) is 2.47. The topological polar surface area (TPSA) is 74.7 Å². The van der Waals surface area contributed by atoms with Gasteiger partial charge in [-0.15, -0.1) is 0 Å². The van der Waals surface area contributed by atoms with Crippen molar-refractivity contribution in [2.24, 2.45) is 11.3 Å². The molecular formula is C15H27NO4S. The monoisotopic (exact) mass is 317 g/mol. The number of rotatable bonds is 5. The number of sulfonamides is 1. The highest BCUT2D eigenvalue weighted by atomic mass is 32.2. The van der Waals surface area contributed by atoms with Crippen LogP contribution < -0.4 is 0 Å². The van der Waals surface area contributed by atoms with Crippen LogP contribution in [0.1, 0.15) is 58.8 Å². The summed E-state index contributed by atoms with van der Waals surface area (Å²) < 4.78 is 27.1. The van der Waals surface area contributed by atoms with Crippen molar-refractivity contribution in [2.75, 3.05) is 13.1 Å². The second kappa shape index (κ2) is 6.24. The highest BCUT2D eigenvalue weighted by Gasteiger charge is 2.46. The van der Waals surface area contributed by atoms with Gasteiger partial charge in [0.25, 0.3) is 0 Å². The van der Waals surface area contributed by atoms with Crippen LogP contribution in [0.15, 0.2) is 0 Å². The Morgan fingerprint density at radius 1 is 1.19 bits per heavy atom. The first-order chi connectivity index (χ1) is 9.86. The summed E-state index contributed by atoms with van der Waals surface area (Å²) in [5.41, 5.74) is 0.272. The molecule has 2 fully saturated rings. The van der Waals surface area contributed by atoms with Crippen molar-refractivity contribution in [3.8, 4) is 0 Å². The van der Waals surface area contributed by atoms with E-state index in [2.05, 4.69) is 13.8 Å². The van der Waals surface area contributed by atoms with Crippen LogP contribution in [0.2, 0.25) is 0 Å². The van der Waals surface area contributed by atoms with Gasteiger partial charge < -0.3 is 5.11 Å². The fourth-order valence-electron chi connectivity index (χ4n) is 3.93. The van der Waals surface area contributed by atoms with Crippen molar-refractivity contribution in [1.82, 2.24) is 4.31 Å². The minimum Gasteiger partial charge on any atom is -0.481 e. The molecule has 2 rings (SSSR count). The minimum absolute atomic E-state index is 0.272. The van der Waals surface area contributed by atoms with Gasteiger partial charge in [-0.1, -0.05) is 33.1 Å². The summed E-state index contributed by atoms with van der Waals surface area (Å²) >= 11 is 0. The zero-order chi connectivity index (χ0) is 15.7. The van der Waals surface area contributed by atoms with Crippen molar-refractivity contribution >= 4 is 16.0 Å². The van der Waals surface area contributed by atoms with E-state index >= 15 is 0 Å². The molecule has 0 aromatic carbocycles. The molecule has 1 saturated heterocycles. The van der Waals surface area contributed by atoms with E-state index in [0.29, 0.717) is 32.4 Å². The molecule has 1 saturated carbocycles. The Morgan fingerprint density at radius 3 is 2.24 bits per heavy atom. The average molecular weight is 317 g/mol. The molecule has 0 bridgehead atoms. The van der Waals surface area contributed by atoms with Crippen molar-refractivity contribution in [1.29, 1.82) is 0 Å². The first kappa shape index (κ1) is 16.7. The molecule has 1 heterocycles. The molecule has 5 nitrogen and oxygen atoms in total. The second-order valence-electron chi connectivity index (χ2n) is 6.57. The average Bonchev–Trinajstić information content (AvgIpc) is 2.98. The van der Waals surface area contributed by atoms with E-state index in [1.54, 1.807) is 4.31 Å². The van der Waals surface area contributed by atoms with Crippen molar-refractivity contribution in [3.63, 3.8) is 0 Å². The fourth-order valence-corrected chi connectivity index (χ4v) is 6.14. The SMILES string of the molecule is CCC1(CC)CCN(S(=O)(=O)C2CCCC2C(=O)O)CC1. The Bertz CT molecular complexity index is 474. The Kier molecular flexibility index (Phi) is 4.98. The van der Waals surface area contributed by atoms with Crippen molar-refractivity contribution < 1.29 is 18.3 Å². The first-order valence-corrected chi connectivity index (χ1v) is 9.58. The molecule has 2 aliphatic rings. The van der Waals surface area contributed by atoms with Gasteiger partial charge in [0.2, 0.25) is 10.0 Å². The van der Waals surface area contributed by atoms with Crippen LogP contribution in [0.25, 0.3) is 0 Å². The first-order valence-electron chi connectivity index (χ1n) is 8.08. The quantitative estimate of drug-likeness (QED) is 0.845. The third-order valence-corrected chi connectivity index (χ3v) is 8.21. The van der Waals surface area contributed by atoms with Gasteiger partial charge >= 0.3 is 5.97 Å². The normalized spacial score (nSPS) is 30.4. The van der Waals surface area contributed by atoms with Gasteiger partial charge in [-0.2, -0.15) is 0 Å². The van der Waals surface area contributed by atoms with Gasteiger partial charge in [0.05, 0.1) is 11.2 Å². The smallest absolute Gasteiger partial charge is 0.307 e. The number of carboxylic acid groups (broad SMARTS) is 1. The molecule has 0 aromatic rings. The minimum atomic E-state index is -3.47. The molecule has 0 amide bonds. The van der Waals surface area contributed by atoms with Gasteiger partial charge in [-0.25, -0.2) is 12.7 Å². The maximum atomic E-state index is 12.8. The Labute approximate surface area is 127 Å². The zero-order valence-electron chi connectivity index (χ0n) is 13.0. The van der Waals surface area contributed by atoms with Crippen LogP contribution in [-0.2, 0) is 14.8 Å². The molecular weight excluding hydrogens is 290 g/mol. The van der Waals surface area contributed by atoms with Crippen LogP contribution >= 0.6 is 0 Å². The van der Waals surface area contributed by atoms with E-state index in [0.717, 1.165) is 25.7 Å². The molecule has 0 spiro atoms. The molecule has 2 unspecified atom stereocenters. The van der Waals surface area contributed by atoms with E-state index in [-0.39, 0.29) is 5.41 Å². The zero-order valence-corrected chi connectivity index (χ0v) is 13.9. The van der Waals surface area contributed by atoms with Gasteiger partial charge in [-0.05, 0) is 31.1 Å². The largest absolute Gasteiger partial charge is 0.481 e. The highest BCUT2D eigenvalue weighted by molar-refractivity contribution is 7.89. The van der Waals surface area contributed by atoms with Crippen LogP contribution in [0.4, 0.5) is 0 Å². The Balaban J connectivity index is 2.10. The summed E-state index contributed by atoms with van der Waals surface area (Å²) in [6.07, 6.45) is 5.62. The third kappa shape index (κ3) is 3.11. The lowest BCUT2D eigenvalue weighted by Crippen LogP contribution is -2.48. The van der Waals surface area contributed by atoms with Crippen LogP contribution in [0.5, 0.6) is 0 Å². The molecule has 1 aliphatic carbocycles. The molecule has 6 heteroatoms. The lowest BCUT2D eigenvalue weighted by Gasteiger charge is -2.41. The van der Waals surface area contributed by atoms with Crippen LogP contribution in [-0.4, -0.2) is 42.1 Å². The molecule has 2 atom stereocenters. The summed E-state index contributed by atoms with van der Waals surface area (Å²) in [5, 5.41) is 8.50. The van der Waals surface area contributed by atoms with Crippen molar-refractivity contribution in [2.45, 2.75) is 64.0 Å². The molecule has 1 aliphatic heterocycles. The van der Waals surface area contributed by atoms with E-state index < -0.39 is 27.2 Å². The van der Waals surface area contributed by atoms with E-state index in [4.69, 9.17) is 0 Å². The fraction of sp³-hybridized carbons (Fsp3) is 0.933. The maximum Gasteiger partial charge on any atom is 0.307 e. The molecule has 0 aromatic heterocycles. The molecule has 1 N–H and O–H groups in total. The summed E-state index contributed by atoms with van der Waals surface area (Å²) in [4.78, 5) is 11.3. The Morgan fingerprint density at radius 2 is 1.76 bits per heavy atom. The van der Waals surface area contributed by atoms with E-state index in [9.17, 15) is 18.3 Å². The molecule has 122 valence electrons. The summed E-state index contributed by atoms with van der Waals surface area (Å²) in [6.45, 7) is 5.44. The van der Waals surface area contributed by atoms with Gasteiger partial charge in [0, 0.05) is 13.1 Å². The maximum absolute atomic E-state index is 12.8. The second-order valence-corrected chi connectivity index (χ2v) is 8.72. The lowest BCUT2D eigenvalue weighted by molar-refractivity contribution is -0.141. The number of nitrogens with zero attached hydrogens (tertiary/aromatic N) is 1. The number of hydrogen-bond acceptors (Lipinski definition) is 3. The van der Waals surface area contributed by atoms with Gasteiger partial charge in [0.1, 0.15) is 0 Å². The number of hydrogen-bond donors (Lipinski definition) is 1. The Hall–Kier alpha value is -0.620. The summed E-state index contributed by atoms with van der Waals surface area (Å²) in [6, 6.07) is 0. The number of carbonyl (C=O) groups is 1. The summed E-state index contributed by atoms with van der Waals surface area (Å²) in [5.74, 6) is -1.69. The number of aliphatic carboxylic acids is 1. The van der Waals surface area contributed by atoms with Gasteiger partial charge in [0.15, 0.2) is 0 Å². The van der Waals surface area contributed by atoms with Crippen LogP contribution in [0.3, 0.4) is 0 Å². The number of piperidine rings is 1. The van der Waals surface area contributed by atoms with Crippen LogP contribution in [0, 0.1) is 11.3 Å². The molecule has 21 heavy (non-hydrogen) atoms. The van der Waals surface area contributed by atoms with E-state index in [1.165, 1.54) is 0 Å². The lowest BCUT2D eigenvalue weighted by atomic mass is 9.75. The highest BCUT2D eigenvalue weighted by Crippen LogP contribution is 2.40. The molecule has 0 radical (unpaired) electrons. The standard InChI is InChI=1S/C15H27NO4S/c1-3-15(4-2)8-10-16(11-9-15)21(19,20)13-7-5-6-12(13)14(17)18/h12-13H,3-11H2,1-2H3,(H,17,18). The summed E-state index contributed by atoms with van der Waals surface area (Å²) in [7, 11) is -3.47. The van der Waals surface area contributed by atoms with Crippen molar-refractivity contribution in [3.05, 3.63) is 0 Å². The predicted molar refractivity (Wildman–Crippen MR) is 81.5 cm³/mol. The van der Waals surface area contributed by atoms with Gasteiger partial charge in [-0.3, -0.25) is 4.79 Å². The third-order valence-electron chi connectivity index (χ3n) is 5.80.